The summed E-state index contributed by atoms with van der Waals surface area (Å²) in [6, 6.07) is 5.85. The molecule has 0 amide bonds. The molecule has 0 aliphatic heterocycles. The van der Waals surface area contributed by atoms with Crippen molar-refractivity contribution in [2.24, 2.45) is 4.99 Å². The molecule has 0 aliphatic rings. The van der Waals surface area contributed by atoms with Gasteiger partial charge in [0.05, 0.1) is 6.54 Å². The first-order valence-corrected chi connectivity index (χ1v) is 5.36. The summed E-state index contributed by atoms with van der Waals surface area (Å²) in [5, 5.41) is 0.704. The molecule has 1 rings (SSSR count). The molecule has 3 nitrogen and oxygen atoms in total. The number of hydrogen-bond acceptors (Lipinski definition) is 3. The van der Waals surface area contributed by atoms with Crippen LogP contribution in [0.3, 0.4) is 0 Å². The van der Waals surface area contributed by atoms with Gasteiger partial charge in [-0.1, -0.05) is 23.7 Å². The summed E-state index contributed by atoms with van der Waals surface area (Å²) in [4.78, 5) is 4.21. The maximum atomic E-state index is 6.06. The van der Waals surface area contributed by atoms with Gasteiger partial charge in [-0.15, -0.1) is 0 Å². The first-order chi connectivity index (χ1) is 7.67. The van der Waals surface area contributed by atoms with Gasteiger partial charge in [-0.2, -0.15) is 0 Å². The summed E-state index contributed by atoms with van der Waals surface area (Å²) >= 11 is 6.06. The predicted molar refractivity (Wildman–Crippen MR) is 66.5 cm³/mol. The Hall–Kier alpha value is -0.900. The number of rotatable bonds is 5. The lowest BCUT2D eigenvalue weighted by molar-refractivity contribution is -0.0936. The predicted octanol–water partition coefficient (Wildman–Crippen LogP) is 2.69. The summed E-state index contributed by atoms with van der Waals surface area (Å²) in [6.07, 6.45) is 1.42. The fraction of sp³-hybridized carbons (Fsp3) is 0.417. The third kappa shape index (κ3) is 3.93. The molecule has 1 aromatic carbocycles. The summed E-state index contributed by atoms with van der Waals surface area (Å²) in [6.45, 7) is 2.45. The van der Waals surface area contributed by atoms with Crippen molar-refractivity contribution in [2.45, 2.75) is 13.2 Å². The zero-order chi connectivity index (χ0) is 12.0. The minimum Gasteiger partial charge on any atom is -0.354 e. The Kier molecular flexibility index (Phi) is 5.46. The van der Waals surface area contributed by atoms with Crippen LogP contribution in [-0.4, -0.2) is 33.3 Å². The third-order valence-electron chi connectivity index (χ3n) is 2.17. The molecule has 0 radical (unpaired) electrons. The third-order valence-corrected chi connectivity index (χ3v) is 2.49. The van der Waals surface area contributed by atoms with Crippen LogP contribution in [0.4, 0.5) is 0 Å². The molecule has 0 unspecified atom stereocenters. The Morgan fingerprint density at radius 1 is 1.38 bits per heavy atom. The summed E-state index contributed by atoms with van der Waals surface area (Å²) in [7, 11) is 3.17. The van der Waals surface area contributed by atoms with Gasteiger partial charge in [0.2, 0.25) is 0 Å². The highest BCUT2D eigenvalue weighted by Crippen LogP contribution is 2.15. The van der Waals surface area contributed by atoms with Gasteiger partial charge in [-0.3, -0.25) is 4.99 Å². The lowest BCUT2D eigenvalue weighted by Crippen LogP contribution is -2.16. The lowest BCUT2D eigenvalue weighted by Gasteiger charge is -2.09. The fourth-order valence-corrected chi connectivity index (χ4v) is 1.50. The molecule has 0 spiro atoms. The molecule has 0 N–H and O–H groups in total. The Balaban J connectivity index is 2.62. The number of halogens is 1. The second-order valence-electron chi connectivity index (χ2n) is 3.42. The van der Waals surface area contributed by atoms with E-state index < -0.39 is 0 Å². The maximum Gasteiger partial charge on any atom is 0.176 e. The molecule has 0 atom stereocenters. The van der Waals surface area contributed by atoms with Gasteiger partial charge >= 0.3 is 0 Å². The van der Waals surface area contributed by atoms with Gasteiger partial charge in [-0.25, -0.2) is 0 Å². The minimum atomic E-state index is -0.305. The monoisotopic (exact) mass is 241 g/mol. The number of nitrogens with zero attached hydrogens (tertiary/aromatic N) is 1. The average molecular weight is 242 g/mol. The number of aliphatic imine (C=N–C) groups is 1. The summed E-state index contributed by atoms with van der Waals surface area (Å²) in [5.41, 5.74) is 2.03. The van der Waals surface area contributed by atoms with E-state index >= 15 is 0 Å². The smallest absolute Gasteiger partial charge is 0.176 e. The molecule has 0 fully saturated rings. The van der Waals surface area contributed by atoms with E-state index in [9.17, 15) is 0 Å². The molecule has 0 saturated heterocycles. The van der Waals surface area contributed by atoms with E-state index in [1.54, 1.807) is 20.4 Å². The number of ether oxygens (including phenoxy) is 2. The largest absolute Gasteiger partial charge is 0.354 e. The van der Waals surface area contributed by atoms with E-state index in [1.165, 1.54) is 0 Å². The van der Waals surface area contributed by atoms with E-state index in [0.717, 1.165) is 11.1 Å². The van der Waals surface area contributed by atoms with Crippen LogP contribution in [-0.2, 0) is 9.47 Å². The Morgan fingerprint density at radius 3 is 2.62 bits per heavy atom. The normalized spacial score (nSPS) is 11.6. The standard InChI is InChI=1S/C12H16ClNO2/c1-9-4-5-10(11(13)6-9)7-14-8-12(15-2)16-3/h4-7,12H,8H2,1-3H3. The van der Waals surface area contributed by atoms with Crippen LogP contribution in [0.5, 0.6) is 0 Å². The second-order valence-corrected chi connectivity index (χ2v) is 3.83. The number of benzene rings is 1. The van der Waals surface area contributed by atoms with Crippen LogP contribution in [0.25, 0.3) is 0 Å². The molecule has 0 aliphatic carbocycles. The molecule has 0 aromatic heterocycles. The van der Waals surface area contributed by atoms with Crippen molar-refractivity contribution < 1.29 is 9.47 Å². The van der Waals surface area contributed by atoms with Gasteiger partial charge in [0, 0.05) is 31.0 Å². The van der Waals surface area contributed by atoms with Crippen LogP contribution in [0.2, 0.25) is 5.02 Å². The van der Waals surface area contributed by atoms with Crippen molar-refractivity contribution in [3.8, 4) is 0 Å². The number of methoxy groups -OCH3 is 2. The Labute approximate surface area is 101 Å². The van der Waals surface area contributed by atoms with E-state index in [-0.39, 0.29) is 6.29 Å². The molecule has 0 bridgehead atoms. The van der Waals surface area contributed by atoms with Crippen molar-refractivity contribution in [3.63, 3.8) is 0 Å². The van der Waals surface area contributed by atoms with Crippen molar-refractivity contribution in [1.82, 2.24) is 0 Å². The van der Waals surface area contributed by atoms with Crippen LogP contribution >= 0.6 is 11.6 Å². The van der Waals surface area contributed by atoms with Crippen LogP contribution in [0, 0.1) is 6.92 Å². The van der Waals surface area contributed by atoms with E-state index in [0.29, 0.717) is 11.6 Å². The Morgan fingerprint density at radius 2 is 2.06 bits per heavy atom. The average Bonchev–Trinajstić information content (AvgIpc) is 2.27. The van der Waals surface area contributed by atoms with Crippen molar-refractivity contribution in [3.05, 3.63) is 34.3 Å². The first-order valence-electron chi connectivity index (χ1n) is 4.99. The van der Waals surface area contributed by atoms with Crippen LogP contribution in [0.1, 0.15) is 11.1 Å². The molecule has 1 aromatic rings. The van der Waals surface area contributed by atoms with Crippen molar-refractivity contribution >= 4 is 17.8 Å². The van der Waals surface area contributed by atoms with Crippen LogP contribution in [0.15, 0.2) is 23.2 Å². The molecular formula is C12H16ClNO2. The second kappa shape index (κ2) is 6.63. The molecule has 88 valence electrons. The molecule has 4 heteroatoms. The zero-order valence-electron chi connectivity index (χ0n) is 9.74. The van der Waals surface area contributed by atoms with E-state index in [4.69, 9.17) is 21.1 Å². The van der Waals surface area contributed by atoms with Gasteiger partial charge in [0.15, 0.2) is 6.29 Å². The minimum absolute atomic E-state index is 0.305. The zero-order valence-corrected chi connectivity index (χ0v) is 10.5. The van der Waals surface area contributed by atoms with Gasteiger partial charge in [-0.05, 0) is 18.6 Å². The van der Waals surface area contributed by atoms with Crippen molar-refractivity contribution in [1.29, 1.82) is 0 Å². The Bertz CT molecular complexity index is 362. The van der Waals surface area contributed by atoms with Gasteiger partial charge in [0.25, 0.3) is 0 Å². The highest BCUT2D eigenvalue weighted by molar-refractivity contribution is 6.33. The van der Waals surface area contributed by atoms with Gasteiger partial charge < -0.3 is 9.47 Å². The molecular weight excluding hydrogens is 226 g/mol. The van der Waals surface area contributed by atoms with E-state index in [1.807, 2.05) is 25.1 Å². The molecule has 16 heavy (non-hydrogen) atoms. The highest BCUT2D eigenvalue weighted by Gasteiger charge is 2.02. The molecule has 0 saturated carbocycles. The summed E-state index contributed by atoms with van der Waals surface area (Å²) in [5.74, 6) is 0. The first kappa shape index (κ1) is 13.2. The highest BCUT2D eigenvalue weighted by atomic mass is 35.5. The molecule has 0 heterocycles. The topological polar surface area (TPSA) is 30.8 Å². The lowest BCUT2D eigenvalue weighted by atomic mass is 10.2. The SMILES string of the molecule is COC(CN=Cc1ccc(C)cc1Cl)OC. The van der Waals surface area contributed by atoms with Gasteiger partial charge in [0.1, 0.15) is 0 Å². The summed E-state index contributed by atoms with van der Waals surface area (Å²) < 4.78 is 10.0. The van der Waals surface area contributed by atoms with Crippen LogP contribution < -0.4 is 0 Å². The number of hydrogen-bond donors (Lipinski definition) is 0. The quantitative estimate of drug-likeness (QED) is 0.586. The van der Waals surface area contributed by atoms with E-state index in [2.05, 4.69) is 4.99 Å². The van der Waals surface area contributed by atoms with Crippen molar-refractivity contribution in [2.75, 3.05) is 20.8 Å². The maximum absolute atomic E-state index is 6.06. The fourth-order valence-electron chi connectivity index (χ4n) is 1.22. The number of aryl methyl sites for hydroxylation is 1.